The summed E-state index contributed by atoms with van der Waals surface area (Å²) < 4.78 is 38.4. The Morgan fingerprint density at radius 1 is 0.551 bits per heavy atom. The first kappa shape index (κ1) is 42.3. The Morgan fingerprint density at radius 2 is 1.02 bits per heavy atom. The molecule has 0 amide bonds. The molecule has 0 heterocycles. The molecular formula is C39H61NO9. The van der Waals surface area contributed by atoms with E-state index in [1.165, 1.54) is 11.1 Å². The van der Waals surface area contributed by atoms with Crippen LogP contribution >= 0.6 is 0 Å². The molecule has 2 rings (SSSR count). The van der Waals surface area contributed by atoms with Crippen LogP contribution in [0.4, 0.5) is 0 Å². The van der Waals surface area contributed by atoms with Crippen LogP contribution in [-0.4, -0.2) is 97.9 Å². The molecule has 0 aliphatic carbocycles. The van der Waals surface area contributed by atoms with Gasteiger partial charge >= 0.3 is 11.9 Å². The number of carbonyl (C=O) groups excluding carboxylic acids is 2. The smallest absolute Gasteiger partial charge is 0.306 e. The number of rotatable bonds is 32. The van der Waals surface area contributed by atoms with Crippen molar-refractivity contribution in [3.05, 3.63) is 71.8 Å². The van der Waals surface area contributed by atoms with Gasteiger partial charge in [-0.05, 0) is 75.6 Å². The summed E-state index contributed by atoms with van der Waals surface area (Å²) in [7, 11) is 3.18. The summed E-state index contributed by atoms with van der Waals surface area (Å²) in [5, 5.41) is 3.44. The number of benzene rings is 2. The normalized spacial score (nSPS) is 12.4. The molecule has 0 aromatic heterocycles. The third kappa shape index (κ3) is 24.0. The minimum absolute atomic E-state index is 0.160. The van der Waals surface area contributed by atoms with Crippen LogP contribution in [0, 0.1) is 0 Å². The predicted molar refractivity (Wildman–Crippen MR) is 190 cm³/mol. The minimum atomic E-state index is -0.449. The topological polar surface area (TPSA) is 111 Å². The summed E-state index contributed by atoms with van der Waals surface area (Å²) in [6, 6.07) is 20.6. The van der Waals surface area contributed by atoms with Crippen LogP contribution in [0.3, 0.4) is 0 Å². The van der Waals surface area contributed by atoms with Crippen molar-refractivity contribution in [3.63, 3.8) is 0 Å². The zero-order valence-corrected chi connectivity index (χ0v) is 30.0. The predicted octanol–water partition coefficient (Wildman–Crippen LogP) is 6.09. The Morgan fingerprint density at radius 3 is 1.51 bits per heavy atom. The van der Waals surface area contributed by atoms with E-state index in [1.807, 2.05) is 36.4 Å². The second-order valence-electron chi connectivity index (χ2n) is 12.2. The highest BCUT2D eigenvalue weighted by Gasteiger charge is 2.16. The molecule has 0 saturated heterocycles. The van der Waals surface area contributed by atoms with Crippen LogP contribution < -0.4 is 5.32 Å². The van der Waals surface area contributed by atoms with Crippen LogP contribution in [0.1, 0.15) is 75.3 Å². The van der Waals surface area contributed by atoms with Crippen LogP contribution in [0.2, 0.25) is 0 Å². The van der Waals surface area contributed by atoms with Gasteiger partial charge in [0.15, 0.2) is 0 Å². The molecule has 0 bridgehead atoms. The lowest BCUT2D eigenvalue weighted by Gasteiger charge is -2.17. The molecule has 10 nitrogen and oxygen atoms in total. The first-order chi connectivity index (χ1) is 24.1. The molecule has 0 saturated carbocycles. The number of hydrogen-bond donors (Lipinski definition) is 1. The van der Waals surface area contributed by atoms with E-state index < -0.39 is 6.10 Å². The molecule has 0 fully saturated rings. The molecule has 0 radical (unpaired) electrons. The molecule has 0 spiro atoms. The third-order valence-electron chi connectivity index (χ3n) is 7.74. The van der Waals surface area contributed by atoms with E-state index in [9.17, 15) is 9.59 Å². The van der Waals surface area contributed by atoms with Gasteiger partial charge in [0.2, 0.25) is 0 Å². The number of unbranched alkanes of at least 4 members (excludes halogenated alkanes) is 4. The van der Waals surface area contributed by atoms with Crippen LogP contribution in [0.15, 0.2) is 60.7 Å². The number of nitrogens with one attached hydrogen (secondary N) is 1. The summed E-state index contributed by atoms with van der Waals surface area (Å²) in [5.41, 5.74) is 2.58. The van der Waals surface area contributed by atoms with Gasteiger partial charge in [-0.1, -0.05) is 73.5 Å². The van der Waals surface area contributed by atoms with Crippen molar-refractivity contribution >= 4 is 11.9 Å². The lowest BCUT2D eigenvalue weighted by atomic mass is 10.1. The second-order valence-corrected chi connectivity index (χ2v) is 12.2. The Balaban J connectivity index is 1.38. The van der Waals surface area contributed by atoms with Gasteiger partial charge in [0.1, 0.15) is 19.0 Å². The molecule has 2 unspecified atom stereocenters. The third-order valence-corrected chi connectivity index (χ3v) is 7.74. The molecule has 2 aromatic carbocycles. The standard InChI is InChI=1S/C39H61NO9/c1-43-29-36(31-45-27-15-21-34-17-7-3-8-18-34)48-38(41)23-11-5-13-25-40-26-14-6-12-24-39(42)49-37(30-44-2)32-47-33-46-28-16-22-35-19-9-4-10-20-35/h3-4,7-10,17-20,36-37,40H,5-6,11-16,21-33H2,1-2H3. The maximum Gasteiger partial charge on any atom is 0.306 e. The molecule has 10 heteroatoms. The lowest BCUT2D eigenvalue weighted by molar-refractivity contribution is -0.160. The maximum absolute atomic E-state index is 12.3. The fraction of sp³-hybridized carbons (Fsp3) is 0.641. The van der Waals surface area contributed by atoms with Crippen LogP contribution in [-0.2, 0) is 55.6 Å². The largest absolute Gasteiger partial charge is 0.457 e. The van der Waals surface area contributed by atoms with Crippen LogP contribution in [0.25, 0.3) is 0 Å². The number of aryl methyl sites for hydroxylation is 2. The van der Waals surface area contributed by atoms with E-state index >= 15 is 0 Å². The van der Waals surface area contributed by atoms with E-state index in [0.29, 0.717) is 39.3 Å². The van der Waals surface area contributed by atoms with Gasteiger partial charge in [-0.15, -0.1) is 0 Å². The summed E-state index contributed by atoms with van der Waals surface area (Å²) in [6.07, 6.45) is 9.12. The highest BCUT2D eigenvalue weighted by atomic mass is 16.7. The molecule has 0 aliphatic heterocycles. The molecule has 276 valence electrons. The molecule has 1 N–H and O–H groups in total. The average Bonchev–Trinajstić information content (AvgIpc) is 3.11. The van der Waals surface area contributed by atoms with Gasteiger partial charge in [0, 0.05) is 40.3 Å². The average molecular weight is 688 g/mol. The Labute approximate surface area is 294 Å². The fourth-order valence-electron chi connectivity index (χ4n) is 5.17. The Hall–Kier alpha value is -2.86. The number of esters is 2. The van der Waals surface area contributed by atoms with E-state index in [-0.39, 0.29) is 38.0 Å². The molecule has 2 atom stereocenters. The molecule has 49 heavy (non-hydrogen) atoms. The van der Waals surface area contributed by atoms with Gasteiger partial charge in [0.05, 0.1) is 26.4 Å². The van der Waals surface area contributed by atoms with Crippen molar-refractivity contribution in [2.75, 3.05) is 73.7 Å². The summed E-state index contributed by atoms with van der Waals surface area (Å²) in [6.45, 7) is 4.37. The van der Waals surface area contributed by atoms with Crippen molar-refractivity contribution < 1.29 is 42.7 Å². The van der Waals surface area contributed by atoms with Gasteiger partial charge in [-0.3, -0.25) is 9.59 Å². The van der Waals surface area contributed by atoms with Gasteiger partial charge in [-0.2, -0.15) is 0 Å². The Bertz CT molecular complexity index is 1060. The molecule has 2 aromatic rings. The fourth-order valence-corrected chi connectivity index (χ4v) is 5.17. The van der Waals surface area contributed by atoms with Gasteiger partial charge in [-0.25, -0.2) is 0 Å². The first-order valence-corrected chi connectivity index (χ1v) is 18.0. The number of hydrogen-bond acceptors (Lipinski definition) is 10. The number of carbonyl (C=O) groups is 2. The van der Waals surface area contributed by atoms with Crippen molar-refractivity contribution in [3.8, 4) is 0 Å². The van der Waals surface area contributed by atoms with Gasteiger partial charge in [0.25, 0.3) is 0 Å². The van der Waals surface area contributed by atoms with E-state index in [1.54, 1.807) is 14.2 Å². The van der Waals surface area contributed by atoms with E-state index in [0.717, 1.165) is 77.3 Å². The monoisotopic (exact) mass is 687 g/mol. The van der Waals surface area contributed by atoms with Crippen molar-refractivity contribution in [1.82, 2.24) is 5.32 Å². The van der Waals surface area contributed by atoms with E-state index in [4.69, 9.17) is 33.2 Å². The summed E-state index contributed by atoms with van der Waals surface area (Å²) in [4.78, 5) is 24.6. The van der Waals surface area contributed by atoms with Crippen molar-refractivity contribution in [2.45, 2.75) is 89.3 Å². The van der Waals surface area contributed by atoms with Crippen LogP contribution in [0.5, 0.6) is 0 Å². The highest BCUT2D eigenvalue weighted by Crippen LogP contribution is 2.08. The van der Waals surface area contributed by atoms with E-state index in [2.05, 4.69) is 29.6 Å². The SMILES string of the molecule is COCC(COCCCc1ccccc1)OC(=O)CCCCCNCCCCCC(=O)OC(COC)COCOCCCc1ccccc1. The van der Waals surface area contributed by atoms with Crippen molar-refractivity contribution in [2.24, 2.45) is 0 Å². The maximum atomic E-state index is 12.3. The highest BCUT2D eigenvalue weighted by molar-refractivity contribution is 5.69. The minimum Gasteiger partial charge on any atom is -0.457 e. The second kappa shape index (κ2) is 30.0. The number of methoxy groups -OCH3 is 2. The Kier molecular flexibility index (Phi) is 25.9. The summed E-state index contributed by atoms with van der Waals surface area (Å²) in [5.74, 6) is -0.442. The zero-order chi connectivity index (χ0) is 35.0. The number of ether oxygens (including phenoxy) is 7. The molecular weight excluding hydrogens is 626 g/mol. The first-order valence-electron chi connectivity index (χ1n) is 18.0. The van der Waals surface area contributed by atoms with Crippen molar-refractivity contribution in [1.29, 1.82) is 0 Å². The zero-order valence-electron chi connectivity index (χ0n) is 30.0. The quantitative estimate of drug-likeness (QED) is 0.0552. The van der Waals surface area contributed by atoms with Gasteiger partial charge < -0.3 is 38.5 Å². The molecule has 0 aliphatic rings. The lowest BCUT2D eigenvalue weighted by Crippen LogP contribution is -2.28. The summed E-state index contributed by atoms with van der Waals surface area (Å²) >= 11 is 0.